The summed E-state index contributed by atoms with van der Waals surface area (Å²) < 4.78 is 0. The standard InChI is InChI=1S/C17H19N3/c1-3-7-14(8-4-1)11-18-16-12-19-17(20-13-16)15-9-5-2-6-10-15/h1-3,5-6,9-10,12-14,18H,4,7-8,11H2. The minimum Gasteiger partial charge on any atom is -0.382 e. The highest BCUT2D eigenvalue weighted by Gasteiger charge is 2.09. The van der Waals surface area contributed by atoms with E-state index in [1.807, 2.05) is 42.7 Å². The summed E-state index contributed by atoms with van der Waals surface area (Å²) in [5.74, 6) is 1.51. The van der Waals surface area contributed by atoms with Crippen molar-refractivity contribution in [2.24, 2.45) is 5.92 Å². The quantitative estimate of drug-likeness (QED) is 0.852. The Morgan fingerprint density at radius 3 is 2.55 bits per heavy atom. The first-order valence-electron chi connectivity index (χ1n) is 7.18. The topological polar surface area (TPSA) is 37.8 Å². The van der Waals surface area contributed by atoms with Crippen LogP contribution in [0.2, 0.25) is 0 Å². The number of allylic oxidation sites excluding steroid dienone is 2. The summed E-state index contributed by atoms with van der Waals surface area (Å²) in [6, 6.07) is 10.1. The second-order valence-corrected chi connectivity index (χ2v) is 5.19. The molecule has 3 heteroatoms. The summed E-state index contributed by atoms with van der Waals surface area (Å²) in [6.07, 6.45) is 11.9. The lowest BCUT2D eigenvalue weighted by Crippen LogP contribution is -2.15. The van der Waals surface area contributed by atoms with Crippen LogP contribution in [0.4, 0.5) is 5.69 Å². The van der Waals surface area contributed by atoms with Crippen molar-refractivity contribution >= 4 is 5.69 Å². The predicted molar refractivity (Wildman–Crippen MR) is 82.4 cm³/mol. The van der Waals surface area contributed by atoms with Crippen molar-refractivity contribution < 1.29 is 0 Å². The SMILES string of the molecule is C1=CCC(CNc2cnc(-c3ccccc3)nc2)CC1. The highest BCUT2D eigenvalue weighted by molar-refractivity contribution is 5.55. The minimum atomic E-state index is 0.730. The van der Waals surface area contributed by atoms with E-state index in [0.29, 0.717) is 0 Å². The molecule has 20 heavy (non-hydrogen) atoms. The van der Waals surface area contributed by atoms with Crippen LogP contribution in [0.3, 0.4) is 0 Å². The van der Waals surface area contributed by atoms with Crippen molar-refractivity contribution in [2.75, 3.05) is 11.9 Å². The van der Waals surface area contributed by atoms with Crippen LogP contribution in [-0.2, 0) is 0 Å². The van der Waals surface area contributed by atoms with Crippen molar-refractivity contribution in [1.29, 1.82) is 0 Å². The Hall–Kier alpha value is -2.16. The van der Waals surface area contributed by atoms with E-state index in [1.165, 1.54) is 19.3 Å². The Bertz CT molecular complexity index is 561. The van der Waals surface area contributed by atoms with Crippen LogP contribution >= 0.6 is 0 Å². The highest BCUT2D eigenvalue weighted by Crippen LogP contribution is 2.19. The number of benzene rings is 1. The van der Waals surface area contributed by atoms with E-state index in [2.05, 4.69) is 27.4 Å². The van der Waals surface area contributed by atoms with Gasteiger partial charge in [0.1, 0.15) is 0 Å². The Labute approximate surface area is 119 Å². The summed E-state index contributed by atoms with van der Waals surface area (Å²) in [7, 11) is 0. The second-order valence-electron chi connectivity index (χ2n) is 5.19. The monoisotopic (exact) mass is 265 g/mol. The van der Waals surface area contributed by atoms with Gasteiger partial charge < -0.3 is 5.32 Å². The molecule has 0 bridgehead atoms. The van der Waals surface area contributed by atoms with Crippen LogP contribution in [-0.4, -0.2) is 16.5 Å². The number of nitrogens with zero attached hydrogens (tertiary/aromatic N) is 2. The minimum absolute atomic E-state index is 0.730. The number of aromatic nitrogens is 2. The average molecular weight is 265 g/mol. The lowest BCUT2D eigenvalue weighted by molar-refractivity contribution is 0.504. The van der Waals surface area contributed by atoms with Gasteiger partial charge in [-0.3, -0.25) is 0 Å². The second kappa shape index (κ2) is 6.33. The molecule has 0 spiro atoms. The van der Waals surface area contributed by atoms with Crippen LogP contribution in [0.25, 0.3) is 11.4 Å². The van der Waals surface area contributed by atoms with Gasteiger partial charge in [-0.1, -0.05) is 42.5 Å². The first-order valence-corrected chi connectivity index (χ1v) is 7.18. The van der Waals surface area contributed by atoms with E-state index in [-0.39, 0.29) is 0 Å². The van der Waals surface area contributed by atoms with Gasteiger partial charge in [0.2, 0.25) is 0 Å². The van der Waals surface area contributed by atoms with Crippen LogP contribution in [0, 0.1) is 5.92 Å². The van der Waals surface area contributed by atoms with Gasteiger partial charge in [-0.25, -0.2) is 9.97 Å². The van der Waals surface area contributed by atoms with Gasteiger partial charge in [-0.15, -0.1) is 0 Å². The summed E-state index contributed by atoms with van der Waals surface area (Å²) in [4.78, 5) is 8.85. The molecule has 0 saturated carbocycles. The Balaban J connectivity index is 1.60. The van der Waals surface area contributed by atoms with E-state index in [9.17, 15) is 0 Å². The van der Waals surface area contributed by atoms with Crippen molar-refractivity contribution in [3.8, 4) is 11.4 Å². The van der Waals surface area contributed by atoms with Gasteiger partial charge in [0.15, 0.2) is 5.82 Å². The summed E-state index contributed by atoms with van der Waals surface area (Å²) in [5.41, 5.74) is 2.05. The molecular weight excluding hydrogens is 246 g/mol. The zero-order chi connectivity index (χ0) is 13.6. The fraction of sp³-hybridized carbons (Fsp3) is 0.294. The summed E-state index contributed by atoms with van der Waals surface area (Å²) in [5, 5.41) is 3.43. The first-order chi connectivity index (χ1) is 9.92. The molecule has 1 heterocycles. The molecule has 1 aliphatic carbocycles. The third-order valence-corrected chi connectivity index (χ3v) is 3.66. The third-order valence-electron chi connectivity index (χ3n) is 3.66. The lowest BCUT2D eigenvalue weighted by Gasteiger charge is -2.18. The number of hydrogen-bond donors (Lipinski definition) is 1. The van der Waals surface area contributed by atoms with E-state index in [1.54, 1.807) is 0 Å². The number of nitrogens with one attached hydrogen (secondary N) is 1. The predicted octanol–water partition coefficient (Wildman–Crippen LogP) is 3.91. The van der Waals surface area contributed by atoms with E-state index < -0.39 is 0 Å². The fourth-order valence-corrected chi connectivity index (χ4v) is 2.46. The average Bonchev–Trinajstić information content (AvgIpc) is 2.55. The van der Waals surface area contributed by atoms with E-state index >= 15 is 0 Å². The molecule has 1 aliphatic rings. The van der Waals surface area contributed by atoms with Gasteiger partial charge in [0.05, 0.1) is 18.1 Å². The molecule has 3 nitrogen and oxygen atoms in total. The molecule has 1 unspecified atom stereocenters. The summed E-state index contributed by atoms with van der Waals surface area (Å²) in [6.45, 7) is 0.998. The molecule has 1 aromatic heterocycles. The van der Waals surface area contributed by atoms with Gasteiger partial charge in [0.25, 0.3) is 0 Å². The van der Waals surface area contributed by atoms with E-state index in [0.717, 1.165) is 29.5 Å². The normalized spacial score (nSPS) is 17.9. The van der Waals surface area contributed by atoms with Crippen LogP contribution in [0.15, 0.2) is 54.9 Å². The number of hydrogen-bond acceptors (Lipinski definition) is 3. The molecule has 0 radical (unpaired) electrons. The van der Waals surface area contributed by atoms with Crippen LogP contribution in [0.5, 0.6) is 0 Å². The molecule has 1 atom stereocenters. The van der Waals surface area contributed by atoms with Crippen LogP contribution in [0.1, 0.15) is 19.3 Å². The van der Waals surface area contributed by atoms with Crippen molar-refractivity contribution in [1.82, 2.24) is 9.97 Å². The van der Waals surface area contributed by atoms with Crippen molar-refractivity contribution in [3.05, 3.63) is 54.9 Å². The molecule has 3 rings (SSSR count). The molecule has 0 fully saturated rings. The maximum atomic E-state index is 4.43. The Morgan fingerprint density at radius 1 is 1.05 bits per heavy atom. The largest absolute Gasteiger partial charge is 0.382 e. The molecule has 1 aromatic carbocycles. The highest BCUT2D eigenvalue weighted by atomic mass is 14.9. The molecule has 1 N–H and O–H groups in total. The van der Waals surface area contributed by atoms with Crippen molar-refractivity contribution in [2.45, 2.75) is 19.3 Å². The zero-order valence-corrected chi connectivity index (χ0v) is 11.5. The fourth-order valence-electron chi connectivity index (χ4n) is 2.46. The number of rotatable bonds is 4. The van der Waals surface area contributed by atoms with Gasteiger partial charge >= 0.3 is 0 Å². The molecular formula is C17H19N3. The zero-order valence-electron chi connectivity index (χ0n) is 11.5. The maximum absolute atomic E-state index is 4.43. The van der Waals surface area contributed by atoms with Gasteiger partial charge in [-0.2, -0.15) is 0 Å². The van der Waals surface area contributed by atoms with Crippen LogP contribution < -0.4 is 5.32 Å². The van der Waals surface area contributed by atoms with Gasteiger partial charge in [-0.05, 0) is 25.2 Å². The molecule has 0 aliphatic heterocycles. The van der Waals surface area contributed by atoms with E-state index in [4.69, 9.17) is 0 Å². The smallest absolute Gasteiger partial charge is 0.159 e. The Kier molecular flexibility index (Phi) is 4.07. The molecule has 0 saturated heterocycles. The Morgan fingerprint density at radius 2 is 1.85 bits per heavy atom. The third kappa shape index (κ3) is 3.23. The van der Waals surface area contributed by atoms with Gasteiger partial charge in [0, 0.05) is 12.1 Å². The van der Waals surface area contributed by atoms with Crippen molar-refractivity contribution in [3.63, 3.8) is 0 Å². The first kappa shape index (κ1) is 12.9. The molecule has 0 amide bonds. The molecule has 2 aromatic rings. The summed E-state index contributed by atoms with van der Waals surface area (Å²) >= 11 is 0. The molecule has 102 valence electrons. The maximum Gasteiger partial charge on any atom is 0.159 e. The lowest BCUT2D eigenvalue weighted by atomic mass is 9.94. The number of anilines is 1.